The number of pyridine rings is 1. The van der Waals surface area contributed by atoms with Crippen molar-refractivity contribution in [2.45, 2.75) is 0 Å². The van der Waals surface area contributed by atoms with Gasteiger partial charge in [0.25, 0.3) is 0 Å². The van der Waals surface area contributed by atoms with Crippen LogP contribution in [-0.2, 0) is 0 Å². The number of aromatic nitrogens is 1. The van der Waals surface area contributed by atoms with E-state index in [1.54, 1.807) is 18.3 Å². The van der Waals surface area contributed by atoms with Crippen LogP contribution in [0.5, 0.6) is 11.5 Å². The third kappa shape index (κ3) is 3.03. The molecule has 5 heteroatoms. The number of hydrogen-bond donors (Lipinski definition) is 2. The highest BCUT2D eigenvalue weighted by atomic mass is 79.9. The second-order valence-corrected chi connectivity index (χ2v) is 5.46. The first-order valence-corrected chi connectivity index (χ1v) is 7.09. The Kier molecular flexibility index (Phi) is 3.58. The van der Waals surface area contributed by atoms with Gasteiger partial charge in [-0.25, -0.2) is 0 Å². The van der Waals surface area contributed by atoms with Crippen molar-refractivity contribution in [3.8, 4) is 11.5 Å². The zero-order valence-corrected chi connectivity index (χ0v) is 12.6. The molecule has 3 aromatic rings. The van der Waals surface area contributed by atoms with Gasteiger partial charge in [0.15, 0.2) is 0 Å². The summed E-state index contributed by atoms with van der Waals surface area (Å²) in [5.74, 6) is 1.25. The van der Waals surface area contributed by atoms with Gasteiger partial charge < -0.3 is 10.5 Å². The molecular weight excluding hydrogens is 330 g/mol. The lowest BCUT2D eigenvalue weighted by molar-refractivity contribution is 0.482. The Morgan fingerprint density at radius 2 is 1.71 bits per heavy atom. The Bertz CT molecular complexity index is 833. The van der Waals surface area contributed by atoms with E-state index < -0.39 is 0 Å². The van der Waals surface area contributed by atoms with Crippen molar-refractivity contribution >= 4 is 32.5 Å². The first-order chi connectivity index (χ1) is 10.1. The third-order valence-electron chi connectivity index (χ3n) is 3.02. The van der Waals surface area contributed by atoms with Crippen LogP contribution in [0.4, 0.5) is 0 Å². The summed E-state index contributed by atoms with van der Waals surface area (Å²) < 4.78 is 6.85. The number of benzene rings is 2. The lowest BCUT2D eigenvalue weighted by Crippen LogP contribution is -2.12. The molecule has 3 N–H and O–H groups in total. The van der Waals surface area contributed by atoms with Crippen LogP contribution in [0, 0.1) is 5.41 Å². The number of hydrogen-bond acceptors (Lipinski definition) is 3. The van der Waals surface area contributed by atoms with E-state index in [0.717, 1.165) is 21.0 Å². The summed E-state index contributed by atoms with van der Waals surface area (Å²) in [6, 6.07) is 15.3. The van der Waals surface area contributed by atoms with Crippen molar-refractivity contribution in [3.05, 3.63) is 64.9 Å². The molecule has 2 aromatic carbocycles. The fourth-order valence-corrected chi connectivity index (χ4v) is 2.39. The van der Waals surface area contributed by atoms with E-state index in [9.17, 15) is 0 Å². The largest absolute Gasteiger partial charge is 0.457 e. The van der Waals surface area contributed by atoms with Gasteiger partial charge in [0.1, 0.15) is 23.0 Å². The van der Waals surface area contributed by atoms with E-state index in [-0.39, 0.29) is 5.84 Å². The number of halogens is 1. The summed E-state index contributed by atoms with van der Waals surface area (Å²) in [5.41, 5.74) is 5.83. The minimum Gasteiger partial charge on any atom is -0.457 e. The minimum atomic E-state index is -0.0798. The topological polar surface area (TPSA) is 72.0 Å². The average molecular weight is 342 g/mol. The van der Waals surface area contributed by atoms with Crippen LogP contribution in [0.3, 0.4) is 0 Å². The molecule has 0 bridgehead atoms. The average Bonchev–Trinajstić information content (AvgIpc) is 2.48. The number of ether oxygens (including phenoxy) is 1. The van der Waals surface area contributed by atoms with E-state index in [1.807, 2.05) is 30.3 Å². The second-order valence-electron chi connectivity index (χ2n) is 4.55. The summed E-state index contributed by atoms with van der Waals surface area (Å²) in [7, 11) is 0. The van der Waals surface area contributed by atoms with Crippen molar-refractivity contribution in [2.75, 3.05) is 0 Å². The normalized spacial score (nSPS) is 10.5. The lowest BCUT2D eigenvalue weighted by atomic mass is 10.1. The van der Waals surface area contributed by atoms with Crippen LogP contribution in [-0.4, -0.2) is 10.8 Å². The maximum Gasteiger partial charge on any atom is 0.141 e. The molecule has 0 atom stereocenters. The highest BCUT2D eigenvalue weighted by Gasteiger charge is 2.03. The van der Waals surface area contributed by atoms with Crippen molar-refractivity contribution in [3.63, 3.8) is 0 Å². The maximum absolute atomic E-state index is 7.39. The second kappa shape index (κ2) is 5.54. The van der Waals surface area contributed by atoms with E-state index in [4.69, 9.17) is 15.9 Å². The molecule has 0 unspecified atom stereocenters. The third-order valence-corrected chi connectivity index (χ3v) is 3.51. The molecule has 0 radical (unpaired) electrons. The maximum atomic E-state index is 7.39. The smallest absolute Gasteiger partial charge is 0.141 e. The van der Waals surface area contributed by atoms with Crippen molar-refractivity contribution < 1.29 is 4.74 Å². The SMILES string of the molecule is N=C(N)c1cc(Oc2ccc3cc(Br)ccc3c2)ccn1. The van der Waals surface area contributed by atoms with Gasteiger partial charge in [-0.1, -0.05) is 28.1 Å². The van der Waals surface area contributed by atoms with Gasteiger partial charge in [-0.05, 0) is 41.1 Å². The number of amidine groups is 1. The number of nitrogen functional groups attached to an aromatic ring is 1. The number of nitrogens with zero attached hydrogens (tertiary/aromatic N) is 1. The summed E-state index contributed by atoms with van der Waals surface area (Å²) in [6.07, 6.45) is 1.57. The molecule has 0 saturated carbocycles. The van der Waals surface area contributed by atoms with Crippen molar-refractivity contribution in [1.29, 1.82) is 5.41 Å². The highest BCUT2D eigenvalue weighted by Crippen LogP contribution is 2.27. The molecule has 104 valence electrons. The molecule has 0 aliphatic carbocycles. The van der Waals surface area contributed by atoms with Crippen LogP contribution in [0.25, 0.3) is 10.8 Å². The van der Waals surface area contributed by atoms with Crippen LogP contribution in [0.15, 0.2) is 59.2 Å². The van der Waals surface area contributed by atoms with E-state index in [2.05, 4.69) is 27.0 Å². The summed E-state index contributed by atoms with van der Waals surface area (Å²) in [5, 5.41) is 9.62. The summed E-state index contributed by atoms with van der Waals surface area (Å²) in [4.78, 5) is 4.01. The molecule has 0 fully saturated rings. The van der Waals surface area contributed by atoms with Gasteiger partial charge >= 0.3 is 0 Å². The molecular formula is C16H12BrN3O. The first kappa shape index (κ1) is 13.6. The number of nitrogens with one attached hydrogen (secondary N) is 1. The molecule has 0 aliphatic rings. The van der Waals surface area contributed by atoms with Crippen molar-refractivity contribution in [2.24, 2.45) is 5.73 Å². The molecule has 0 amide bonds. The summed E-state index contributed by atoms with van der Waals surface area (Å²) in [6.45, 7) is 0. The number of rotatable bonds is 3. The predicted octanol–water partition coefficient (Wildman–Crippen LogP) is 4.07. The Morgan fingerprint density at radius 3 is 2.52 bits per heavy atom. The molecule has 1 aromatic heterocycles. The zero-order valence-electron chi connectivity index (χ0n) is 11.0. The molecule has 3 rings (SSSR count). The highest BCUT2D eigenvalue weighted by molar-refractivity contribution is 9.10. The Hall–Kier alpha value is -2.40. The quantitative estimate of drug-likeness (QED) is 0.557. The fourth-order valence-electron chi connectivity index (χ4n) is 2.02. The van der Waals surface area contributed by atoms with Gasteiger partial charge in [0.05, 0.1) is 0 Å². The Labute approximate surface area is 130 Å². The van der Waals surface area contributed by atoms with Gasteiger partial charge in [-0.3, -0.25) is 10.4 Å². The molecule has 4 nitrogen and oxygen atoms in total. The monoisotopic (exact) mass is 341 g/mol. The molecule has 0 saturated heterocycles. The first-order valence-electron chi connectivity index (χ1n) is 6.29. The van der Waals surface area contributed by atoms with Gasteiger partial charge in [-0.2, -0.15) is 0 Å². The Morgan fingerprint density at radius 1 is 1.00 bits per heavy atom. The van der Waals surface area contributed by atoms with Gasteiger partial charge in [-0.15, -0.1) is 0 Å². The van der Waals surface area contributed by atoms with Crippen LogP contribution >= 0.6 is 15.9 Å². The zero-order chi connectivity index (χ0) is 14.8. The van der Waals surface area contributed by atoms with Crippen LogP contribution in [0.2, 0.25) is 0 Å². The van der Waals surface area contributed by atoms with Crippen LogP contribution < -0.4 is 10.5 Å². The Balaban J connectivity index is 1.92. The molecule has 1 heterocycles. The predicted molar refractivity (Wildman–Crippen MR) is 87.0 cm³/mol. The summed E-state index contributed by atoms with van der Waals surface area (Å²) >= 11 is 3.46. The van der Waals surface area contributed by atoms with Gasteiger partial charge in [0.2, 0.25) is 0 Å². The van der Waals surface area contributed by atoms with Crippen LogP contribution in [0.1, 0.15) is 5.69 Å². The minimum absolute atomic E-state index is 0.0798. The lowest BCUT2D eigenvalue weighted by Gasteiger charge is -2.08. The standard InChI is InChI=1S/C16H12BrN3O/c17-12-3-1-11-8-13(4-2-10(11)7-12)21-14-5-6-20-15(9-14)16(18)19/h1-9H,(H3,18,19). The fraction of sp³-hybridized carbons (Fsp3) is 0. The number of fused-ring (bicyclic) bond motifs is 1. The van der Waals surface area contributed by atoms with Gasteiger partial charge in [0, 0.05) is 16.7 Å². The van der Waals surface area contributed by atoms with Crippen molar-refractivity contribution in [1.82, 2.24) is 4.98 Å². The molecule has 21 heavy (non-hydrogen) atoms. The molecule has 0 aliphatic heterocycles. The van der Waals surface area contributed by atoms with E-state index in [0.29, 0.717) is 11.4 Å². The molecule has 0 spiro atoms. The van der Waals surface area contributed by atoms with E-state index >= 15 is 0 Å². The number of nitrogens with two attached hydrogens (primary N) is 1. The van der Waals surface area contributed by atoms with E-state index in [1.165, 1.54) is 0 Å².